The number of nitrogens with one attached hydrogen (secondary N) is 1. The van der Waals surface area contributed by atoms with Crippen molar-refractivity contribution in [1.29, 1.82) is 0 Å². The van der Waals surface area contributed by atoms with Gasteiger partial charge in [-0.15, -0.1) is 10.2 Å². The Kier molecular flexibility index (Phi) is 4.80. The predicted molar refractivity (Wildman–Crippen MR) is 97.6 cm³/mol. The average molecular weight is 445 g/mol. The molecule has 0 radical (unpaired) electrons. The average Bonchev–Trinajstić information content (AvgIpc) is 3.10. The molecule has 1 aliphatic heterocycles. The lowest BCUT2D eigenvalue weighted by atomic mass is 10.0. The van der Waals surface area contributed by atoms with E-state index in [0.29, 0.717) is 11.3 Å². The second-order valence-electron chi connectivity index (χ2n) is 6.83. The van der Waals surface area contributed by atoms with E-state index in [1.807, 2.05) is 0 Å². The number of hydrogen-bond donors (Lipinski definition) is 1. The number of benzene rings is 1. The zero-order valence-corrected chi connectivity index (χ0v) is 16.7. The van der Waals surface area contributed by atoms with E-state index >= 15 is 0 Å². The molecule has 0 atom stereocenters. The Hall–Kier alpha value is -2.22. The fourth-order valence-corrected chi connectivity index (χ4v) is 4.98. The number of sulfonamides is 1. The molecule has 13 heteroatoms. The van der Waals surface area contributed by atoms with Crippen LogP contribution in [-0.4, -0.2) is 47.3 Å². The molecule has 29 heavy (non-hydrogen) atoms. The smallest absolute Gasteiger partial charge is 0.291 e. The highest BCUT2D eigenvalue weighted by atomic mass is 32.2. The van der Waals surface area contributed by atoms with Gasteiger partial charge in [0, 0.05) is 5.39 Å². The third-order valence-electron chi connectivity index (χ3n) is 4.20. The maximum absolute atomic E-state index is 14.8. The second kappa shape index (κ2) is 6.93. The topological polar surface area (TPSA) is 107 Å². The van der Waals surface area contributed by atoms with Crippen LogP contribution in [0.2, 0.25) is 0 Å². The largest absolute Gasteiger partial charge is 0.377 e. The van der Waals surface area contributed by atoms with Crippen LogP contribution in [0, 0.1) is 12.7 Å². The molecule has 154 valence electrons. The summed E-state index contributed by atoms with van der Waals surface area (Å²) in [6.07, 6.45) is -2.82. The van der Waals surface area contributed by atoms with Gasteiger partial charge in [-0.3, -0.25) is 0 Å². The fourth-order valence-electron chi connectivity index (χ4n) is 2.86. The Morgan fingerprint density at radius 2 is 1.97 bits per heavy atom. The minimum atomic E-state index is -4.09. The molecule has 0 aliphatic carbocycles. The molecule has 4 rings (SSSR count). The summed E-state index contributed by atoms with van der Waals surface area (Å²) in [5.74, 6) is -0.712. The molecular formula is C16H14F3N5O3S2. The van der Waals surface area contributed by atoms with Crippen molar-refractivity contribution in [3.05, 3.63) is 28.8 Å². The third kappa shape index (κ3) is 3.70. The normalized spacial score (nSPS) is 16.3. The first-order chi connectivity index (χ1) is 13.6. The van der Waals surface area contributed by atoms with Crippen molar-refractivity contribution in [2.24, 2.45) is 0 Å². The highest BCUT2D eigenvalue weighted by molar-refractivity contribution is 7.89. The van der Waals surface area contributed by atoms with Crippen LogP contribution in [0.15, 0.2) is 17.0 Å². The van der Waals surface area contributed by atoms with Crippen LogP contribution in [0.4, 0.5) is 13.2 Å². The number of aryl methyl sites for hydroxylation is 1. The number of fused-ring (bicyclic) bond motifs is 1. The van der Waals surface area contributed by atoms with Crippen molar-refractivity contribution in [2.75, 3.05) is 13.2 Å². The lowest BCUT2D eigenvalue weighted by Crippen LogP contribution is -2.59. The summed E-state index contributed by atoms with van der Waals surface area (Å²) in [6, 6.07) is 2.05. The van der Waals surface area contributed by atoms with E-state index in [9.17, 15) is 21.6 Å². The maximum atomic E-state index is 14.8. The molecule has 0 saturated carbocycles. The Morgan fingerprint density at radius 1 is 1.24 bits per heavy atom. The molecule has 2 aromatic heterocycles. The number of hydrogen-bond acceptors (Lipinski definition) is 8. The van der Waals surface area contributed by atoms with Crippen molar-refractivity contribution in [3.8, 4) is 10.7 Å². The summed E-state index contributed by atoms with van der Waals surface area (Å²) in [5.41, 5.74) is -0.896. The summed E-state index contributed by atoms with van der Waals surface area (Å²) in [5, 5.41) is 6.63. The van der Waals surface area contributed by atoms with Gasteiger partial charge in [0.15, 0.2) is 15.8 Å². The highest BCUT2D eigenvalue weighted by Gasteiger charge is 2.38. The van der Waals surface area contributed by atoms with Crippen LogP contribution >= 0.6 is 11.3 Å². The molecule has 3 aromatic rings. The molecule has 0 bridgehead atoms. The van der Waals surface area contributed by atoms with Crippen LogP contribution in [0.1, 0.15) is 24.2 Å². The first kappa shape index (κ1) is 20.1. The summed E-state index contributed by atoms with van der Waals surface area (Å²) in [7, 11) is -4.09. The number of rotatable bonds is 5. The van der Waals surface area contributed by atoms with Crippen LogP contribution in [0.5, 0.6) is 0 Å². The fraction of sp³-hybridized carbons (Fsp3) is 0.375. The number of aromatic nitrogens is 4. The van der Waals surface area contributed by atoms with Gasteiger partial charge < -0.3 is 4.74 Å². The van der Waals surface area contributed by atoms with Gasteiger partial charge >= 0.3 is 0 Å². The first-order valence-corrected chi connectivity index (χ1v) is 10.6. The minimum Gasteiger partial charge on any atom is -0.377 e. The zero-order valence-electron chi connectivity index (χ0n) is 15.1. The molecule has 1 aromatic carbocycles. The van der Waals surface area contributed by atoms with Crippen molar-refractivity contribution in [1.82, 2.24) is 24.9 Å². The van der Waals surface area contributed by atoms with Gasteiger partial charge in [-0.2, -0.15) is 0 Å². The van der Waals surface area contributed by atoms with Crippen molar-refractivity contribution >= 4 is 32.3 Å². The van der Waals surface area contributed by atoms with Gasteiger partial charge in [0.2, 0.25) is 10.0 Å². The van der Waals surface area contributed by atoms with Crippen molar-refractivity contribution in [2.45, 2.75) is 30.7 Å². The minimum absolute atomic E-state index is 0.0112. The standard InChI is InChI=1S/C16H14F3N5O3S2/c1-7-20-11-9(12(21-7)14-22-23-15(28-14)13(18)19)3-8(4-10(11)17)29(25,26)24-16(2)5-27-6-16/h3-4,13,24H,5-6H2,1-2H3. The van der Waals surface area contributed by atoms with Gasteiger partial charge in [-0.25, -0.2) is 36.3 Å². The Morgan fingerprint density at radius 3 is 2.55 bits per heavy atom. The molecule has 1 fully saturated rings. The molecule has 1 N–H and O–H groups in total. The van der Waals surface area contributed by atoms with E-state index in [1.54, 1.807) is 6.92 Å². The molecule has 3 heterocycles. The molecule has 1 aliphatic rings. The monoisotopic (exact) mass is 445 g/mol. The molecule has 0 amide bonds. The molecule has 0 unspecified atom stereocenters. The van der Waals surface area contributed by atoms with E-state index in [0.717, 1.165) is 6.07 Å². The lowest BCUT2D eigenvalue weighted by molar-refractivity contribution is -0.0523. The lowest BCUT2D eigenvalue weighted by Gasteiger charge is -2.38. The maximum Gasteiger partial charge on any atom is 0.291 e. The molecular weight excluding hydrogens is 431 g/mol. The van der Waals surface area contributed by atoms with Gasteiger partial charge in [0.25, 0.3) is 6.43 Å². The van der Waals surface area contributed by atoms with Gasteiger partial charge in [-0.05, 0) is 26.0 Å². The number of alkyl halides is 2. The van der Waals surface area contributed by atoms with Crippen LogP contribution in [0.3, 0.4) is 0 Å². The van der Waals surface area contributed by atoms with Crippen LogP contribution in [-0.2, 0) is 14.8 Å². The first-order valence-electron chi connectivity index (χ1n) is 8.29. The number of ether oxygens (including phenoxy) is 1. The van der Waals surface area contributed by atoms with Gasteiger partial charge in [0.1, 0.15) is 17.0 Å². The van der Waals surface area contributed by atoms with E-state index < -0.39 is 32.8 Å². The summed E-state index contributed by atoms with van der Waals surface area (Å²) >= 11 is 0.593. The number of nitrogens with zero attached hydrogens (tertiary/aromatic N) is 4. The van der Waals surface area contributed by atoms with E-state index in [-0.39, 0.29) is 45.5 Å². The summed E-state index contributed by atoms with van der Waals surface area (Å²) in [6.45, 7) is 3.55. The number of halogens is 3. The Bertz CT molecular complexity index is 1210. The van der Waals surface area contributed by atoms with Crippen LogP contribution < -0.4 is 4.72 Å². The van der Waals surface area contributed by atoms with Gasteiger partial charge in [0.05, 0.1) is 23.6 Å². The van der Waals surface area contributed by atoms with E-state index in [1.165, 1.54) is 13.0 Å². The van der Waals surface area contributed by atoms with Gasteiger partial charge in [-0.1, -0.05) is 11.3 Å². The van der Waals surface area contributed by atoms with Crippen LogP contribution in [0.25, 0.3) is 21.6 Å². The zero-order chi connectivity index (χ0) is 21.0. The second-order valence-corrected chi connectivity index (χ2v) is 9.52. The Balaban J connectivity index is 1.88. The quantitative estimate of drug-likeness (QED) is 0.643. The molecule has 1 saturated heterocycles. The molecule has 8 nitrogen and oxygen atoms in total. The van der Waals surface area contributed by atoms with Crippen molar-refractivity contribution in [3.63, 3.8) is 0 Å². The third-order valence-corrected chi connectivity index (χ3v) is 6.76. The SMILES string of the molecule is Cc1nc(-c2nnc(C(F)F)s2)c2cc(S(=O)(=O)NC3(C)COC3)cc(F)c2n1. The Labute approximate surface area is 167 Å². The molecule has 0 spiro atoms. The summed E-state index contributed by atoms with van der Waals surface area (Å²) in [4.78, 5) is 7.83. The van der Waals surface area contributed by atoms with E-state index in [4.69, 9.17) is 4.74 Å². The van der Waals surface area contributed by atoms with Crippen molar-refractivity contribution < 1.29 is 26.3 Å². The van der Waals surface area contributed by atoms with E-state index in [2.05, 4.69) is 24.9 Å². The predicted octanol–water partition coefficient (Wildman–Crippen LogP) is 2.60. The highest BCUT2D eigenvalue weighted by Crippen LogP contribution is 2.34. The summed E-state index contributed by atoms with van der Waals surface area (Å²) < 4.78 is 73.5.